The number of aromatic nitrogens is 3. The fraction of sp³-hybridized carbons (Fsp3) is 0.438. The van der Waals surface area contributed by atoms with E-state index in [1.807, 2.05) is 19.3 Å². The number of piperidine rings is 1. The van der Waals surface area contributed by atoms with Gasteiger partial charge in [0.2, 0.25) is 0 Å². The van der Waals surface area contributed by atoms with E-state index in [0.29, 0.717) is 11.5 Å². The topological polar surface area (TPSA) is 51.0 Å². The molecular weight excluding hydrogens is 264 g/mol. The van der Waals surface area contributed by atoms with Crippen LogP contribution in [0, 0.1) is 12.8 Å². The standard InChI is InChI=1S/C16H20N4O/c1-13-10-18-12-20(16(13)21)11-14-4-8-19(9-5-14)15-2-6-17-7-3-15/h2-3,6-7,10,12,14H,4-5,8-9,11H2,1H3. The lowest BCUT2D eigenvalue weighted by molar-refractivity contribution is 0.350. The van der Waals surface area contributed by atoms with E-state index < -0.39 is 0 Å². The summed E-state index contributed by atoms with van der Waals surface area (Å²) in [7, 11) is 0. The summed E-state index contributed by atoms with van der Waals surface area (Å²) in [6.07, 6.45) is 9.15. The van der Waals surface area contributed by atoms with Gasteiger partial charge in [0.15, 0.2) is 0 Å². The van der Waals surface area contributed by atoms with Crippen LogP contribution in [0.15, 0.2) is 41.8 Å². The summed E-state index contributed by atoms with van der Waals surface area (Å²) in [5.41, 5.74) is 2.03. The second-order valence-electron chi connectivity index (χ2n) is 5.67. The number of aryl methyl sites for hydroxylation is 1. The Balaban J connectivity index is 1.61. The Morgan fingerprint density at radius 1 is 1.19 bits per heavy atom. The predicted octanol–water partition coefficient (Wildman–Crippen LogP) is 1.86. The Hall–Kier alpha value is -2.17. The zero-order chi connectivity index (χ0) is 14.7. The number of nitrogens with zero attached hydrogens (tertiary/aromatic N) is 4. The molecule has 1 fully saturated rings. The van der Waals surface area contributed by atoms with Crippen LogP contribution in [-0.4, -0.2) is 27.6 Å². The van der Waals surface area contributed by atoms with Crippen molar-refractivity contribution in [1.82, 2.24) is 14.5 Å². The molecule has 0 unspecified atom stereocenters. The highest BCUT2D eigenvalue weighted by Crippen LogP contribution is 2.23. The Labute approximate surface area is 124 Å². The van der Waals surface area contributed by atoms with Crippen molar-refractivity contribution in [1.29, 1.82) is 0 Å². The fourth-order valence-electron chi connectivity index (χ4n) is 2.90. The van der Waals surface area contributed by atoms with Gasteiger partial charge in [-0.3, -0.25) is 14.3 Å². The van der Waals surface area contributed by atoms with Crippen LogP contribution in [0.3, 0.4) is 0 Å². The summed E-state index contributed by atoms with van der Waals surface area (Å²) < 4.78 is 1.75. The molecule has 21 heavy (non-hydrogen) atoms. The van der Waals surface area contributed by atoms with Crippen molar-refractivity contribution >= 4 is 5.69 Å². The van der Waals surface area contributed by atoms with E-state index >= 15 is 0 Å². The molecule has 3 heterocycles. The average Bonchev–Trinajstić information content (AvgIpc) is 2.53. The van der Waals surface area contributed by atoms with E-state index in [-0.39, 0.29) is 5.56 Å². The molecule has 0 radical (unpaired) electrons. The second kappa shape index (κ2) is 6.08. The highest BCUT2D eigenvalue weighted by molar-refractivity contribution is 5.44. The molecule has 1 aliphatic rings. The lowest BCUT2D eigenvalue weighted by Gasteiger charge is -2.33. The predicted molar refractivity (Wildman–Crippen MR) is 82.4 cm³/mol. The summed E-state index contributed by atoms with van der Waals surface area (Å²) >= 11 is 0. The molecule has 0 saturated carbocycles. The van der Waals surface area contributed by atoms with Crippen LogP contribution in [0.1, 0.15) is 18.4 Å². The van der Waals surface area contributed by atoms with Crippen LogP contribution in [0.2, 0.25) is 0 Å². The van der Waals surface area contributed by atoms with Gasteiger partial charge in [0.05, 0.1) is 6.33 Å². The number of rotatable bonds is 3. The quantitative estimate of drug-likeness (QED) is 0.863. The van der Waals surface area contributed by atoms with Crippen molar-refractivity contribution in [2.24, 2.45) is 5.92 Å². The highest BCUT2D eigenvalue weighted by Gasteiger charge is 2.20. The molecule has 0 spiro atoms. The van der Waals surface area contributed by atoms with E-state index in [4.69, 9.17) is 0 Å². The number of anilines is 1. The van der Waals surface area contributed by atoms with Gasteiger partial charge in [-0.15, -0.1) is 0 Å². The Morgan fingerprint density at radius 3 is 2.62 bits per heavy atom. The maximum Gasteiger partial charge on any atom is 0.256 e. The molecule has 0 aromatic carbocycles. The summed E-state index contributed by atoms with van der Waals surface area (Å²) in [4.78, 5) is 22.6. The summed E-state index contributed by atoms with van der Waals surface area (Å²) in [5.74, 6) is 0.546. The fourth-order valence-corrected chi connectivity index (χ4v) is 2.90. The third kappa shape index (κ3) is 3.12. The van der Waals surface area contributed by atoms with Crippen molar-refractivity contribution < 1.29 is 0 Å². The maximum atomic E-state index is 12.0. The van der Waals surface area contributed by atoms with Gasteiger partial charge in [0.25, 0.3) is 5.56 Å². The van der Waals surface area contributed by atoms with Crippen LogP contribution in [0.5, 0.6) is 0 Å². The zero-order valence-corrected chi connectivity index (χ0v) is 12.3. The van der Waals surface area contributed by atoms with Crippen molar-refractivity contribution in [2.45, 2.75) is 26.3 Å². The minimum absolute atomic E-state index is 0.0848. The number of pyridine rings is 1. The molecule has 0 atom stereocenters. The van der Waals surface area contributed by atoms with Gasteiger partial charge in [-0.1, -0.05) is 0 Å². The van der Waals surface area contributed by atoms with Crippen LogP contribution in [0.25, 0.3) is 0 Å². The molecule has 5 heteroatoms. The Morgan fingerprint density at radius 2 is 1.90 bits per heavy atom. The summed E-state index contributed by atoms with van der Waals surface area (Å²) in [5, 5.41) is 0. The zero-order valence-electron chi connectivity index (χ0n) is 12.3. The molecule has 1 aliphatic heterocycles. The van der Waals surface area contributed by atoms with Gasteiger partial charge >= 0.3 is 0 Å². The molecular formula is C16H20N4O. The van der Waals surface area contributed by atoms with Gasteiger partial charge in [0, 0.05) is 49.5 Å². The summed E-state index contributed by atoms with van der Waals surface area (Å²) in [6.45, 7) is 4.65. The highest BCUT2D eigenvalue weighted by atomic mass is 16.1. The molecule has 0 amide bonds. The SMILES string of the molecule is Cc1cncn(CC2CCN(c3ccncc3)CC2)c1=O. The van der Waals surface area contributed by atoms with Crippen LogP contribution in [-0.2, 0) is 6.54 Å². The van der Waals surface area contributed by atoms with Gasteiger partial charge < -0.3 is 4.90 Å². The largest absolute Gasteiger partial charge is 0.371 e. The van der Waals surface area contributed by atoms with Crippen molar-refractivity contribution in [2.75, 3.05) is 18.0 Å². The first-order valence-corrected chi connectivity index (χ1v) is 7.40. The Kier molecular flexibility index (Phi) is 3.99. The van der Waals surface area contributed by atoms with E-state index in [1.54, 1.807) is 17.1 Å². The number of hydrogen-bond acceptors (Lipinski definition) is 4. The first-order valence-electron chi connectivity index (χ1n) is 7.40. The molecule has 0 N–H and O–H groups in total. The first-order chi connectivity index (χ1) is 10.2. The molecule has 1 saturated heterocycles. The monoisotopic (exact) mass is 284 g/mol. The van der Waals surface area contributed by atoms with Crippen LogP contribution >= 0.6 is 0 Å². The van der Waals surface area contributed by atoms with Gasteiger partial charge in [0.1, 0.15) is 0 Å². The molecule has 2 aromatic heterocycles. The van der Waals surface area contributed by atoms with Gasteiger partial charge in [-0.25, -0.2) is 4.98 Å². The van der Waals surface area contributed by atoms with Crippen LogP contribution in [0.4, 0.5) is 5.69 Å². The van der Waals surface area contributed by atoms with Crippen LogP contribution < -0.4 is 10.5 Å². The number of hydrogen-bond donors (Lipinski definition) is 0. The molecule has 5 nitrogen and oxygen atoms in total. The molecule has 110 valence electrons. The minimum atomic E-state index is 0.0848. The third-order valence-corrected chi connectivity index (χ3v) is 4.17. The minimum Gasteiger partial charge on any atom is -0.371 e. The van der Waals surface area contributed by atoms with Crippen molar-refractivity contribution in [3.05, 3.63) is 53.0 Å². The first kappa shape index (κ1) is 13.8. The lowest BCUT2D eigenvalue weighted by atomic mass is 9.96. The Bertz CT molecular complexity index is 645. The smallest absolute Gasteiger partial charge is 0.256 e. The van der Waals surface area contributed by atoms with E-state index in [1.165, 1.54) is 5.69 Å². The second-order valence-corrected chi connectivity index (χ2v) is 5.67. The molecule has 2 aromatic rings. The average molecular weight is 284 g/mol. The lowest BCUT2D eigenvalue weighted by Crippen LogP contribution is -2.36. The molecule has 0 aliphatic carbocycles. The van der Waals surface area contributed by atoms with Gasteiger partial charge in [-0.2, -0.15) is 0 Å². The molecule has 3 rings (SSSR count). The van der Waals surface area contributed by atoms with E-state index in [0.717, 1.165) is 32.5 Å². The molecule has 0 bridgehead atoms. The van der Waals surface area contributed by atoms with E-state index in [2.05, 4.69) is 27.0 Å². The normalized spacial score (nSPS) is 16.1. The third-order valence-electron chi connectivity index (χ3n) is 4.17. The van der Waals surface area contributed by atoms with Gasteiger partial charge in [-0.05, 0) is 37.8 Å². The van der Waals surface area contributed by atoms with E-state index in [9.17, 15) is 4.79 Å². The van der Waals surface area contributed by atoms with Crippen molar-refractivity contribution in [3.63, 3.8) is 0 Å². The summed E-state index contributed by atoms with van der Waals surface area (Å²) in [6, 6.07) is 4.10. The maximum absolute atomic E-state index is 12.0. The van der Waals surface area contributed by atoms with Crippen molar-refractivity contribution in [3.8, 4) is 0 Å².